The molecule has 0 aliphatic heterocycles. The van der Waals surface area contributed by atoms with Crippen molar-refractivity contribution in [2.24, 2.45) is 0 Å². The minimum atomic E-state index is -0.0383. The van der Waals surface area contributed by atoms with Crippen LogP contribution in [-0.4, -0.2) is 49.3 Å². The Bertz CT molecular complexity index is 695. The van der Waals surface area contributed by atoms with Crippen LogP contribution in [0.25, 0.3) is 10.4 Å². The van der Waals surface area contributed by atoms with Gasteiger partial charge in [-0.15, -0.1) is 11.3 Å². The number of carbonyl (C=O) groups is 1. The molecule has 2 aromatic rings. The summed E-state index contributed by atoms with van der Waals surface area (Å²) in [5.74, 6) is -0.0204. The van der Waals surface area contributed by atoms with E-state index < -0.39 is 0 Å². The Labute approximate surface area is 140 Å². The van der Waals surface area contributed by atoms with E-state index in [0.29, 0.717) is 19.7 Å². The number of hydrogen-bond donors (Lipinski definition) is 1. The second-order valence-electron chi connectivity index (χ2n) is 5.63. The fraction of sp³-hybridized carbons (Fsp3) is 0.389. The highest BCUT2D eigenvalue weighted by Crippen LogP contribution is 2.39. The van der Waals surface area contributed by atoms with Gasteiger partial charge in [-0.05, 0) is 35.6 Å². The van der Waals surface area contributed by atoms with Crippen molar-refractivity contribution in [1.29, 1.82) is 0 Å². The molecule has 4 nitrogen and oxygen atoms in total. The number of amides is 1. The number of methoxy groups -OCH3 is 1. The summed E-state index contributed by atoms with van der Waals surface area (Å²) in [6.07, 6.45) is 2.01. The lowest BCUT2D eigenvalue weighted by Crippen LogP contribution is -2.35. The number of fused-ring (bicyclic) bond motifs is 3. The highest BCUT2D eigenvalue weighted by atomic mass is 32.1. The number of carbonyl (C=O) groups excluding carboxylic acids is 1. The zero-order valence-corrected chi connectivity index (χ0v) is 14.1. The van der Waals surface area contributed by atoms with Crippen LogP contribution in [0.1, 0.15) is 20.8 Å². The molecular weight excluding hydrogens is 310 g/mol. The van der Waals surface area contributed by atoms with Crippen LogP contribution in [0.5, 0.6) is 0 Å². The van der Waals surface area contributed by atoms with Crippen molar-refractivity contribution in [3.63, 3.8) is 0 Å². The average molecular weight is 331 g/mol. The van der Waals surface area contributed by atoms with Gasteiger partial charge >= 0.3 is 0 Å². The molecule has 23 heavy (non-hydrogen) atoms. The maximum atomic E-state index is 12.7. The van der Waals surface area contributed by atoms with Crippen LogP contribution < -0.4 is 0 Å². The molecule has 0 spiro atoms. The fourth-order valence-electron chi connectivity index (χ4n) is 2.97. The number of ether oxygens (including phenoxy) is 1. The number of aliphatic hydroxyl groups excluding tert-OH is 1. The summed E-state index contributed by atoms with van der Waals surface area (Å²) >= 11 is 1.56. The molecule has 1 amide bonds. The summed E-state index contributed by atoms with van der Waals surface area (Å²) in [6.45, 7) is 1.26. The quantitative estimate of drug-likeness (QED) is 0.885. The first-order chi connectivity index (χ1) is 11.2. The summed E-state index contributed by atoms with van der Waals surface area (Å²) in [5, 5.41) is 9.19. The van der Waals surface area contributed by atoms with Crippen LogP contribution in [0.4, 0.5) is 0 Å². The standard InChI is InChI=1S/C18H21NO3S/c1-22-11-9-19(8-10-20)18(21)16-12-14-7-6-13-4-2-3-5-15(13)17(14)23-16/h2-5,12,20H,6-11H2,1H3. The van der Waals surface area contributed by atoms with E-state index >= 15 is 0 Å². The lowest BCUT2D eigenvalue weighted by atomic mass is 9.91. The number of thiophene rings is 1. The van der Waals surface area contributed by atoms with Gasteiger partial charge in [-0.3, -0.25) is 4.79 Å². The third kappa shape index (κ3) is 3.32. The van der Waals surface area contributed by atoms with Gasteiger partial charge < -0.3 is 14.7 Å². The van der Waals surface area contributed by atoms with Gasteiger partial charge in [0.2, 0.25) is 0 Å². The summed E-state index contributed by atoms with van der Waals surface area (Å²) in [7, 11) is 1.61. The van der Waals surface area contributed by atoms with Crippen molar-refractivity contribution in [2.75, 3.05) is 33.4 Å². The molecule has 0 saturated heterocycles. The number of aryl methyl sites for hydroxylation is 2. The van der Waals surface area contributed by atoms with Gasteiger partial charge in [-0.2, -0.15) is 0 Å². The van der Waals surface area contributed by atoms with Gasteiger partial charge in [0, 0.05) is 25.1 Å². The fourth-order valence-corrected chi connectivity index (χ4v) is 4.21. The number of nitrogens with zero attached hydrogens (tertiary/aromatic N) is 1. The Kier molecular flexibility index (Phi) is 5.10. The maximum absolute atomic E-state index is 12.7. The number of hydrogen-bond acceptors (Lipinski definition) is 4. The Morgan fingerprint density at radius 1 is 1.26 bits per heavy atom. The first-order valence-electron chi connectivity index (χ1n) is 7.84. The van der Waals surface area contributed by atoms with Crippen molar-refractivity contribution >= 4 is 17.2 Å². The smallest absolute Gasteiger partial charge is 0.264 e. The molecule has 1 aromatic heterocycles. The van der Waals surface area contributed by atoms with Crippen LogP contribution in [0.3, 0.4) is 0 Å². The minimum absolute atomic E-state index is 0.0204. The lowest BCUT2D eigenvalue weighted by Gasteiger charge is -2.20. The largest absolute Gasteiger partial charge is 0.395 e. The SMILES string of the molecule is COCCN(CCO)C(=O)c1cc2c(s1)-c1ccccc1CC2. The predicted octanol–water partition coefficient (Wildman–Crippen LogP) is 2.59. The highest BCUT2D eigenvalue weighted by molar-refractivity contribution is 7.17. The highest BCUT2D eigenvalue weighted by Gasteiger charge is 2.23. The molecule has 3 rings (SSSR count). The second kappa shape index (κ2) is 7.25. The van der Waals surface area contributed by atoms with E-state index in [0.717, 1.165) is 17.7 Å². The van der Waals surface area contributed by atoms with Gasteiger partial charge in [0.15, 0.2) is 0 Å². The first kappa shape index (κ1) is 16.2. The molecule has 0 saturated carbocycles. The van der Waals surface area contributed by atoms with Gasteiger partial charge in [0.1, 0.15) is 0 Å². The minimum Gasteiger partial charge on any atom is -0.395 e. The van der Waals surface area contributed by atoms with Crippen LogP contribution in [0.2, 0.25) is 0 Å². The monoisotopic (exact) mass is 331 g/mol. The van der Waals surface area contributed by atoms with E-state index in [1.165, 1.54) is 21.6 Å². The van der Waals surface area contributed by atoms with Crippen molar-refractivity contribution < 1.29 is 14.6 Å². The molecule has 0 bridgehead atoms. The molecule has 122 valence electrons. The Hall–Kier alpha value is -1.69. The number of benzene rings is 1. The molecule has 1 aliphatic rings. The zero-order valence-electron chi connectivity index (χ0n) is 13.2. The Morgan fingerprint density at radius 2 is 2.04 bits per heavy atom. The maximum Gasteiger partial charge on any atom is 0.264 e. The predicted molar refractivity (Wildman–Crippen MR) is 92.0 cm³/mol. The zero-order chi connectivity index (χ0) is 16.2. The lowest BCUT2D eigenvalue weighted by molar-refractivity contribution is 0.0661. The first-order valence-corrected chi connectivity index (χ1v) is 8.66. The molecule has 1 aromatic carbocycles. The average Bonchev–Trinajstić information content (AvgIpc) is 3.02. The van der Waals surface area contributed by atoms with Crippen LogP contribution in [0, 0.1) is 0 Å². The van der Waals surface area contributed by atoms with E-state index in [1.54, 1.807) is 23.3 Å². The second-order valence-corrected chi connectivity index (χ2v) is 6.68. The van der Waals surface area contributed by atoms with Gasteiger partial charge in [-0.25, -0.2) is 0 Å². The van der Waals surface area contributed by atoms with Gasteiger partial charge in [0.25, 0.3) is 5.91 Å². The van der Waals surface area contributed by atoms with Gasteiger partial charge in [-0.1, -0.05) is 24.3 Å². The van der Waals surface area contributed by atoms with Crippen molar-refractivity contribution in [3.8, 4) is 10.4 Å². The number of rotatable bonds is 6. The third-order valence-corrected chi connectivity index (χ3v) is 5.37. The van der Waals surface area contributed by atoms with E-state index in [-0.39, 0.29) is 12.5 Å². The number of aliphatic hydroxyl groups is 1. The third-order valence-electron chi connectivity index (χ3n) is 4.17. The Balaban J connectivity index is 1.88. The summed E-state index contributed by atoms with van der Waals surface area (Å²) in [6, 6.07) is 10.4. The molecule has 5 heteroatoms. The van der Waals surface area contributed by atoms with E-state index in [9.17, 15) is 9.90 Å². The summed E-state index contributed by atoms with van der Waals surface area (Å²) < 4.78 is 5.06. The van der Waals surface area contributed by atoms with E-state index in [2.05, 4.69) is 18.2 Å². The molecule has 0 fully saturated rings. The molecule has 1 N–H and O–H groups in total. The van der Waals surface area contributed by atoms with E-state index in [1.807, 2.05) is 12.1 Å². The van der Waals surface area contributed by atoms with Gasteiger partial charge in [0.05, 0.1) is 18.1 Å². The summed E-state index contributed by atoms with van der Waals surface area (Å²) in [4.78, 5) is 16.4. The molecule has 1 aliphatic carbocycles. The summed E-state index contributed by atoms with van der Waals surface area (Å²) in [5.41, 5.74) is 3.86. The topological polar surface area (TPSA) is 49.8 Å². The molecule has 0 atom stereocenters. The van der Waals surface area contributed by atoms with E-state index in [4.69, 9.17) is 4.74 Å². The van der Waals surface area contributed by atoms with Crippen LogP contribution in [-0.2, 0) is 17.6 Å². The van der Waals surface area contributed by atoms with Crippen molar-refractivity contribution in [2.45, 2.75) is 12.8 Å². The van der Waals surface area contributed by atoms with Crippen molar-refractivity contribution in [3.05, 3.63) is 46.3 Å². The Morgan fingerprint density at radius 3 is 2.83 bits per heavy atom. The molecule has 0 unspecified atom stereocenters. The normalized spacial score (nSPS) is 12.6. The molecule has 0 radical (unpaired) electrons. The van der Waals surface area contributed by atoms with Crippen molar-refractivity contribution in [1.82, 2.24) is 4.90 Å². The molecule has 1 heterocycles. The molecular formula is C18H21NO3S. The van der Waals surface area contributed by atoms with Crippen LogP contribution in [0.15, 0.2) is 30.3 Å². The van der Waals surface area contributed by atoms with Crippen LogP contribution >= 0.6 is 11.3 Å².